The first-order chi connectivity index (χ1) is 6.66. The minimum Gasteiger partial charge on any atom is -0.323 e. The van der Waals surface area contributed by atoms with Gasteiger partial charge in [-0.15, -0.1) is 0 Å². The van der Waals surface area contributed by atoms with E-state index in [1.807, 2.05) is 24.1 Å². The van der Waals surface area contributed by atoms with Gasteiger partial charge in [-0.2, -0.15) is 0 Å². The molecule has 1 aromatic carbocycles. The third kappa shape index (κ3) is 1.74. The molecular weight excluding hydrogens is 200 g/mol. The molecule has 0 saturated heterocycles. The number of likely N-dealkylation sites (N-methyl/N-ethyl adjacent to an activating group) is 1. The van der Waals surface area contributed by atoms with E-state index in [-0.39, 0.29) is 5.91 Å². The van der Waals surface area contributed by atoms with Crippen LogP contribution in [0.15, 0.2) is 18.2 Å². The lowest BCUT2D eigenvalue weighted by Crippen LogP contribution is -2.26. The Hall–Kier alpha value is -1.06. The number of hydrogen-bond donors (Lipinski definition) is 1. The van der Waals surface area contributed by atoms with Crippen LogP contribution < -0.4 is 5.32 Å². The smallest absolute Gasteiger partial charge is 0.238 e. The highest BCUT2D eigenvalue weighted by molar-refractivity contribution is 6.34. The van der Waals surface area contributed by atoms with E-state index in [1.54, 1.807) is 6.07 Å². The second kappa shape index (κ2) is 3.59. The summed E-state index contributed by atoms with van der Waals surface area (Å²) in [6.45, 7) is 1.15. The summed E-state index contributed by atoms with van der Waals surface area (Å²) >= 11 is 5.99. The van der Waals surface area contributed by atoms with Crippen LogP contribution in [0.3, 0.4) is 0 Å². The van der Waals surface area contributed by atoms with Crippen molar-refractivity contribution >= 4 is 23.2 Å². The summed E-state index contributed by atoms with van der Waals surface area (Å²) in [6.07, 6.45) is 0. The van der Waals surface area contributed by atoms with Gasteiger partial charge in [0, 0.05) is 6.54 Å². The van der Waals surface area contributed by atoms with Gasteiger partial charge in [-0.25, -0.2) is 0 Å². The molecule has 3 nitrogen and oxygen atoms in total. The molecule has 0 aliphatic carbocycles. The number of carbonyl (C=O) groups is 1. The third-order valence-electron chi connectivity index (χ3n) is 2.22. The molecule has 2 rings (SSSR count). The van der Waals surface area contributed by atoms with Crippen molar-refractivity contribution in [3.8, 4) is 0 Å². The van der Waals surface area contributed by atoms with E-state index in [0.29, 0.717) is 11.6 Å². The number of hydrogen-bond acceptors (Lipinski definition) is 2. The van der Waals surface area contributed by atoms with Gasteiger partial charge in [0.1, 0.15) is 0 Å². The molecule has 0 aromatic heterocycles. The maximum Gasteiger partial charge on any atom is 0.238 e. The zero-order chi connectivity index (χ0) is 10.1. The summed E-state index contributed by atoms with van der Waals surface area (Å²) < 4.78 is 0. The second-order valence-electron chi connectivity index (χ2n) is 3.49. The Morgan fingerprint density at radius 1 is 1.43 bits per heavy atom. The number of fused-ring (bicyclic) bond motifs is 1. The molecule has 1 N–H and O–H groups in total. The molecule has 1 aliphatic heterocycles. The molecule has 1 aliphatic rings. The van der Waals surface area contributed by atoms with Gasteiger partial charge in [0.15, 0.2) is 0 Å². The first kappa shape index (κ1) is 9.49. The van der Waals surface area contributed by atoms with E-state index >= 15 is 0 Å². The monoisotopic (exact) mass is 210 g/mol. The van der Waals surface area contributed by atoms with E-state index in [1.165, 1.54) is 0 Å². The molecule has 0 radical (unpaired) electrons. The van der Waals surface area contributed by atoms with Crippen LogP contribution in [0, 0.1) is 0 Å². The first-order valence-corrected chi connectivity index (χ1v) is 4.80. The quantitative estimate of drug-likeness (QED) is 0.707. The minimum absolute atomic E-state index is 0.0145. The molecule has 0 unspecified atom stereocenters. The molecule has 1 amide bonds. The van der Waals surface area contributed by atoms with Crippen LogP contribution in [0.4, 0.5) is 5.69 Å². The highest BCUT2D eigenvalue weighted by Crippen LogP contribution is 2.28. The van der Waals surface area contributed by atoms with Crippen molar-refractivity contribution in [1.29, 1.82) is 0 Å². The van der Waals surface area contributed by atoms with Crippen molar-refractivity contribution < 1.29 is 4.79 Å². The van der Waals surface area contributed by atoms with Gasteiger partial charge >= 0.3 is 0 Å². The van der Waals surface area contributed by atoms with Crippen LogP contribution in [0.1, 0.15) is 5.56 Å². The number of nitrogens with one attached hydrogen (secondary N) is 1. The maximum atomic E-state index is 11.4. The third-order valence-corrected chi connectivity index (χ3v) is 2.53. The Bertz CT molecular complexity index is 378. The Morgan fingerprint density at radius 2 is 2.21 bits per heavy atom. The van der Waals surface area contributed by atoms with Gasteiger partial charge in [0.05, 0.1) is 17.3 Å². The highest BCUT2D eigenvalue weighted by Gasteiger charge is 2.17. The van der Waals surface area contributed by atoms with E-state index in [0.717, 1.165) is 17.8 Å². The number of amides is 1. The largest absolute Gasteiger partial charge is 0.323 e. The van der Waals surface area contributed by atoms with E-state index < -0.39 is 0 Å². The zero-order valence-corrected chi connectivity index (χ0v) is 8.64. The van der Waals surface area contributed by atoms with Crippen molar-refractivity contribution in [3.63, 3.8) is 0 Å². The molecular formula is C10H11ClN2O. The molecule has 0 atom stereocenters. The van der Waals surface area contributed by atoms with Crippen molar-refractivity contribution in [3.05, 3.63) is 28.8 Å². The molecule has 1 aromatic rings. The van der Waals surface area contributed by atoms with Crippen LogP contribution in [-0.2, 0) is 11.3 Å². The molecule has 1 heterocycles. The average molecular weight is 211 g/mol. The molecule has 0 saturated carbocycles. The van der Waals surface area contributed by atoms with Crippen LogP contribution in [0.25, 0.3) is 0 Å². The number of halogens is 1. The number of para-hydroxylation sites is 1. The Kier molecular flexibility index (Phi) is 2.44. The van der Waals surface area contributed by atoms with Crippen LogP contribution >= 0.6 is 11.6 Å². The Morgan fingerprint density at radius 3 is 3.00 bits per heavy atom. The van der Waals surface area contributed by atoms with Crippen LogP contribution in [0.5, 0.6) is 0 Å². The minimum atomic E-state index is -0.0145. The lowest BCUT2D eigenvalue weighted by Gasteiger charge is -2.11. The van der Waals surface area contributed by atoms with E-state index in [2.05, 4.69) is 5.32 Å². The molecule has 4 heteroatoms. The number of nitrogens with zero attached hydrogens (tertiary/aromatic N) is 1. The molecule has 0 fully saturated rings. The van der Waals surface area contributed by atoms with Gasteiger partial charge < -0.3 is 5.32 Å². The summed E-state index contributed by atoms with van der Waals surface area (Å²) in [4.78, 5) is 13.4. The highest BCUT2D eigenvalue weighted by atomic mass is 35.5. The lowest BCUT2D eigenvalue weighted by molar-refractivity contribution is -0.116. The second-order valence-corrected chi connectivity index (χ2v) is 3.90. The summed E-state index contributed by atoms with van der Waals surface area (Å²) in [7, 11) is 1.91. The summed E-state index contributed by atoms with van der Waals surface area (Å²) in [5.74, 6) is -0.0145. The topological polar surface area (TPSA) is 32.3 Å². The fraction of sp³-hybridized carbons (Fsp3) is 0.300. The van der Waals surface area contributed by atoms with Gasteiger partial charge in [0.2, 0.25) is 5.91 Å². The normalized spacial score (nSPS) is 17.1. The predicted molar refractivity (Wildman–Crippen MR) is 56.4 cm³/mol. The molecule has 74 valence electrons. The average Bonchev–Trinajstić information content (AvgIpc) is 2.23. The van der Waals surface area contributed by atoms with Crippen LogP contribution in [0.2, 0.25) is 5.02 Å². The van der Waals surface area contributed by atoms with Crippen molar-refractivity contribution in [1.82, 2.24) is 4.90 Å². The molecule has 0 bridgehead atoms. The predicted octanol–water partition coefficient (Wildman–Crippen LogP) is 1.72. The summed E-state index contributed by atoms with van der Waals surface area (Å²) in [5, 5.41) is 3.41. The molecule has 14 heavy (non-hydrogen) atoms. The van der Waals surface area contributed by atoms with Crippen molar-refractivity contribution in [2.45, 2.75) is 6.54 Å². The maximum absolute atomic E-state index is 11.4. The Labute approximate surface area is 87.7 Å². The van der Waals surface area contributed by atoms with E-state index in [4.69, 9.17) is 11.6 Å². The Balaban J connectivity index is 2.46. The standard InChI is InChI=1S/C10H11ClN2O/c1-13-5-7-3-2-4-8(11)10(7)12-9(14)6-13/h2-4H,5-6H2,1H3,(H,12,14). The number of rotatable bonds is 0. The van der Waals surface area contributed by atoms with Gasteiger partial charge in [-0.1, -0.05) is 23.7 Å². The van der Waals surface area contributed by atoms with Crippen LogP contribution in [-0.4, -0.2) is 24.4 Å². The van der Waals surface area contributed by atoms with Gasteiger partial charge in [-0.3, -0.25) is 9.69 Å². The van der Waals surface area contributed by atoms with Crippen molar-refractivity contribution in [2.75, 3.05) is 18.9 Å². The number of carbonyl (C=O) groups excluding carboxylic acids is 1. The van der Waals surface area contributed by atoms with Gasteiger partial charge in [0.25, 0.3) is 0 Å². The molecule has 0 spiro atoms. The SMILES string of the molecule is CN1CC(=O)Nc2c(Cl)cccc2C1. The fourth-order valence-corrected chi connectivity index (χ4v) is 1.85. The lowest BCUT2D eigenvalue weighted by atomic mass is 10.2. The summed E-state index contributed by atoms with van der Waals surface area (Å²) in [6, 6.07) is 5.65. The van der Waals surface area contributed by atoms with E-state index in [9.17, 15) is 4.79 Å². The summed E-state index contributed by atoms with van der Waals surface area (Å²) in [5.41, 5.74) is 1.81. The fourth-order valence-electron chi connectivity index (χ4n) is 1.61. The number of anilines is 1. The first-order valence-electron chi connectivity index (χ1n) is 4.42. The van der Waals surface area contributed by atoms with Crippen molar-refractivity contribution in [2.24, 2.45) is 0 Å². The number of benzene rings is 1. The van der Waals surface area contributed by atoms with Gasteiger partial charge in [-0.05, 0) is 18.7 Å². The zero-order valence-electron chi connectivity index (χ0n) is 7.88.